The van der Waals surface area contributed by atoms with Gasteiger partial charge in [0.2, 0.25) is 15.9 Å². The summed E-state index contributed by atoms with van der Waals surface area (Å²) in [6.45, 7) is 3.55. The number of benzene rings is 2. The Labute approximate surface area is 195 Å². The Bertz CT molecular complexity index is 1080. The molecular formula is C24H32N4O4S. The molecule has 8 nitrogen and oxygen atoms in total. The van der Waals surface area contributed by atoms with E-state index in [1.54, 1.807) is 16.4 Å². The second-order valence-corrected chi connectivity index (χ2v) is 10.6. The molecule has 33 heavy (non-hydrogen) atoms. The summed E-state index contributed by atoms with van der Waals surface area (Å²) in [6.07, 6.45) is 3.30. The molecule has 0 aliphatic carbocycles. The van der Waals surface area contributed by atoms with Gasteiger partial charge < -0.3 is 10.1 Å². The topological polar surface area (TPSA) is 99.8 Å². The minimum absolute atomic E-state index is 0.0970. The molecule has 1 amide bonds. The number of aryl methyl sites for hydroxylation is 1. The first-order valence-electron chi connectivity index (χ1n) is 11.4. The molecule has 9 heteroatoms. The summed E-state index contributed by atoms with van der Waals surface area (Å²) in [6, 6.07) is 12.7. The van der Waals surface area contributed by atoms with E-state index in [1.807, 2.05) is 37.3 Å². The van der Waals surface area contributed by atoms with Crippen LogP contribution in [0, 0.1) is 6.92 Å². The predicted molar refractivity (Wildman–Crippen MR) is 126 cm³/mol. The molecule has 2 aromatic rings. The fourth-order valence-corrected chi connectivity index (χ4v) is 6.03. The van der Waals surface area contributed by atoms with Crippen LogP contribution in [0.25, 0.3) is 0 Å². The number of sulfonamides is 1. The first-order valence-corrected chi connectivity index (χ1v) is 12.8. The Morgan fingerprint density at radius 3 is 2.52 bits per heavy atom. The van der Waals surface area contributed by atoms with Crippen LogP contribution in [0.3, 0.4) is 0 Å². The molecule has 0 aromatic heterocycles. The van der Waals surface area contributed by atoms with Gasteiger partial charge in [-0.15, -0.1) is 0 Å². The number of rotatable bonds is 7. The summed E-state index contributed by atoms with van der Waals surface area (Å²) in [5.74, 6) is 0.239. The van der Waals surface area contributed by atoms with Crippen molar-refractivity contribution in [1.82, 2.24) is 20.5 Å². The maximum absolute atomic E-state index is 13.3. The van der Waals surface area contributed by atoms with Crippen LogP contribution in [0.5, 0.6) is 5.75 Å². The number of hydrogen-bond acceptors (Lipinski definition) is 6. The molecular weight excluding hydrogens is 440 g/mol. The molecule has 2 fully saturated rings. The fourth-order valence-electron chi connectivity index (χ4n) is 4.32. The summed E-state index contributed by atoms with van der Waals surface area (Å²) in [5.41, 5.74) is 9.21. The number of amides is 1. The molecule has 2 unspecified atom stereocenters. The van der Waals surface area contributed by atoms with E-state index in [0.29, 0.717) is 31.8 Å². The van der Waals surface area contributed by atoms with Gasteiger partial charge in [0.25, 0.3) is 0 Å². The number of ether oxygens (including phenoxy) is 1. The zero-order valence-corrected chi connectivity index (χ0v) is 20.0. The minimum atomic E-state index is -3.65. The largest absolute Gasteiger partial charge is 0.495 e. The Morgan fingerprint density at radius 1 is 1.09 bits per heavy atom. The number of hydrogen-bond donors (Lipinski definition) is 3. The molecule has 3 N–H and O–H groups in total. The highest BCUT2D eigenvalue weighted by molar-refractivity contribution is 7.89. The number of piperidine rings is 1. The number of carbonyl (C=O) groups excluding carboxylic acids is 1. The smallest absolute Gasteiger partial charge is 0.246 e. The van der Waals surface area contributed by atoms with E-state index in [4.69, 9.17) is 4.74 Å². The standard InChI is InChI=1S/C24H32N4O4S/c1-17-6-8-18(9-7-17)16-25-24(29)21-15-20(26-27-21)19-10-11-22(32-2)23(14-19)33(30,31)28-12-4-3-5-13-28/h6-11,14,20-21,26-27H,3-5,12-13,15-16H2,1-2H3,(H,25,29). The molecule has 0 spiro atoms. The van der Waals surface area contributed by atoms with Crippen molar-refractivity contribution in [2.75, 3.05) is 20.2 Å². The van der Waals surface area contributed by atoms with Crippen molar-refractivity contribution in [3.8, 4) is 5.75 Å². The van der Waals surface area contributed by atoms with E-state index in [-0.39, 0.29) is 16.8 Å². The van der Waals surface area contributed by atoms with E-state index < -0.39 is 16.1 Å². The van der Waals surface area contributed by atoms with Crippen molar-refractivity contribution in [3.05, 3.63) is 59.2 Å². The third kappa shape index (κ3) is 5.38. The van der Waals surface area contributed by atoms with E-state index in [9.17, 15) is 13.2 Å². The molecule has 0 bridgehead atoms. The molecule has 2 saturated heterocycles. The molecule has 2 atom stereocenters. The second-order valence-electron chi connectivity index (χ2n) is 8.71. The zero-order valence-electron chi connectivity index (χ0n) is 19.1. The van der Waals surface area contributed by atoms with Crippen LogP contribution in [0.1, 0.15) is 48.4 Å². The van der Waals surface area contributed by atoms with Crippen LogP contribution in [0.2, 0.25) is 0 Å². The monoisotopic (exact) mass is 472 g/mol. The van der Waals surface area contributed by atoms with Gasteiger partial charge in [0.05, 0.1) is 7.11 Å². The van der Waals surface area contributed by atoms with Gasteiger partial charge in [0, 0.05) is 25.7 Å². The first kappa shape index (κ1) is 23.7. The molecule has 2 aliphatic heterocycles. The Balaban J connectivity index is 1.44. The van der Waals surface area contributed by atoms with Gasteiger partial charge in [-0.05, 0) is 49.4 Å². The lowest BCUT2D eigenvalue weighted by Gasteiger charge is -2.27. The summed E-state index contributed by atoms with van der Waals surface area (Å²) >= 11 is 0. The number of nitrogens with zero attached hydrogens (tertiary/aromatic N) is 1. The van der Waals surface area contributed by atoms with Crippen molar-refractivity contribution in [1.29, 1.82) is 0 Å². The molecule has 0 radical (unpaired) electrons. The van der Waals surface area contributed by atoms with Gasteiger partial charge in [-0.3, -0.25) is 4.79 Å². The van der Waals surface area contributed by atoms with Gasteiger partial charge in [-0.1, -0.05) is 42.3 Å². The molecule has 0 saturated carbocycles. The van der Waals surface area contributed by atoms with Crippen molar-refractivity contribution in [2.24, 2.45) is 0 Å². The highest BCUT2D eigenvalue weighted by Crippen LogP contribution is 2.33. The van der Waals surface area contributed by atoms with Crippen molar-refractivity contribution in [3.63, 3.8) is 0 Å². The molecule has 4 rings (SSSR count). The number of hydrazine groups is 1. The lowest BCUT2D eigenvalue weighted by atomic mass is 10.0. The first-order chi connectivity index (χ1) is 15.9. The van der Waals surface area contributed by atoms with Gasteiger partial charge in [0.1, 0.15) is 16.7 Å². The van der Waals surface area contributed by atoms with Crippen LogP contribution < -0.4 is 20.9 Å². The van der Waals surface area contributed by atoms with Crippen molar-refractivity contribution in [2.45, 2.75) is 56.1 Å². The van der Waals surface area contributed by atoms with Gasteiger partial charge in [-0.2, -0.15) is 4.31 Å². The fraction of sp³-hybridized carbons (Fsp3) is 0.458. The third-order valence-electron chi connectivity index (χ3n) is 6.33. The van der Waals surface area contributed by atoms with Crippen molar-refractivity contribution < 1.29 is 17.9 Å². The summed E-state index contributed by atoms with van der Waals surface area (Å²) < 4.78 is 33.5. The van der Waals surface area contributed by atoms with Crippen LogP contribution in [-0.4, -0.2) is 44.9 Å². The quantitative estimate of drug-likeness (QED) is 0.572. The average Bonchev–Trinajstić information content (AvgIpc) is 3.34. The van der Waals surface area contributed by atoms with E-state index >= 15 is 0 Å². The highest BCUT2D eigenvalue weighted by Gasteiger charge is 2.33. The van der Waals surface area contributed by atoms with Crippen molar-refractivity contribution >= 4 is 15.9 Å². The number of carbonyl (C=O) groups is 1. The molecule has 178 valence electrons. The Kier molecular flexibility index (Phi) is 7.33. The lowest BCUT2D eigenvalue weighted by Crippen LogP contribution is -2.42. The highest BCUT2D eigenvalue weighted by atomic mass is 32.2. The van der Waals surface area contributed by atoms with Gasteiger partial charge in [0.15, 0.2) is 0 Å². The van der Waals surface area contributed by atoms with Gasteiger partial charge in [-0.25, -0.2) is 19.3 Å². The number of methoxy groups -OCH3 is 1. The summed E-state index contributed by atoms with van der Waals surface area (Å²) in [5, 5.41) is 2.97. The second kappa shape index (κ2) is 10.2. The molecule has 2 heterocycles. The minimum Gasteiger partial charge on any atom is -0.495 e. The average molecular weight is 473 g/mol. The SMILES string of the molecule is COc1ccc(C2CC(C(=O)NCc3ccc(C)cc3)NN2)cc1S(=O)(=O)N1CCCCC1. The zero-order chi connectivity index (χ0) is 23.4. The van der Waals surface area contributed by atoms with Crippen LogP contribution in [-0.2, 0) is 21.4 Å². The predicted octanol–water partition coefficient (Wildman–Crippen LogP) is 2.40. The Morgan fingerprint density at radius 2 is 1.82 bits per heavy atom. The lowest BCUT2D eigenvalue weighted by molar-refractivity contribution is -0.123. The number of nitrogens with one attached hydrogen (secondary N) is 3. The normalized spacial score (nSPS) is 21.6. The maximum atomic E-state index is 13.3. The van der Waals surface area contributed by atoms with E-state index in [1.165, 1.54) is 12.7 Å². The summed E-state index contributed by atoms with van der Waals surface area (Å²) in [7, 11) is -2.17. The van der Waals surface area contributed by atoms with E-state index in [2.05, 4.69) is 16.2 Å². The summed E-state index contributed by atoms with van der Waals surface area (Å²) in [4.78, 5) is 12.8. The van der Waals surface area contributed by atoms with Crippen LogP contribution in [0.4, 0.5) is 0 Å². The van der Waals surface area contributed by atoms with Gasteiger partial charge >= 0.3 is 0 Å². The van der Waals surface area contributed by atoms with E-state index in [0.717, 1.165) is 30.4 Å². The Hall–Kier alpha value is -2.46. The molecule has 2 aliphatic rings. The third-order valence-corrected chi connectivity index (χ3v) is 8.25. The maximum Gasteiger partial charge on any atom is 0.246 e. The molecule has 2 aromatic carbocycles. The van der Waals surface area contributed by atoms with Crippen LogP contribution in [0.15, 0.2) is 47.4 Å². The van der Waals surface area contributed by atoms with Crippen LogP contribution >= 0.6 is 0 Å².